The summed E-state index contributed by atoms with van der Waals surface area (Å²) in [6, 6.07) is 0. The molecule has 12 heavy (non-hydrogen) atoms. The van der Waals surface area contributed by atoms with Crippen molar-refractivity contribution in [2.24, 2.45) is 0 Å². The van der Waals surface area contributed by atoms with Gasteiger partial charge in [0.15, 0.2) is 0 Å². The Morgan fingerprint density at radius 1 is 1.33 bits per heavy atom. The van der Waals surface area contributed by atoms with Crippen molar-refractivity contribution in [3.63, 3.8) is 0 Å². The molecule has 0 radical (unpaired) electrons. The molecule has 2 nitrogen and oxygen atoms in total. The summed E-state index contributed by atoms with van der Waals surface area (Å²) in [7, 11) is 0. The fourth-order valence-corrected chi connectivity index (χ4v) is 0.988. The Bertz CT molecular complexity index is 166. The predicted molar refractivity (Wildman–Crippen MR) is 30.6 cm³/mol. The minimum Gasteiger partial charge on any atom is -0.242 e. The van der Waals surface area contributed by atoms with Gasteiger partial charge in [-0.3, -0.25) is 0 Å². The van der Waals surface area contributed by atoms with Crippen LogP contribution >= 0.6 is 0 Å². The molecule has 1 rings (SSSR count). The third-order valence-electron chi connectivity index (χ3n) is 1.49. The number of nitrogens with zero attached hydrogens (tertiary/aromatic N) is 1. The lowest BCUT2D eigenvalue weighted by Gasteiger charge is -2.23. The summed E-state index contributed by atoms with van der Waals surface area (Å²) in [5.74, 6) is 0. The van der Waals surface area contributed by atoms with Crippen LogP contribution in [0.15, 0.2) is 0 Å². The van der Waals surface area contributed by atoms with Crippen LogP contribution in [-0.4, -0.2) is 36.9 Å². The zero-order valence-electron chi connectivity index (χ0n) is 5.96. The Morgan fingerprint density at radius 3 is 2.25 bits per heavy atom. The standard InChI is InChI=1S/C5H7F5N2/c6-4(7,8)3-12-2-1-11-5(12,9)10/h11H,1-3H2. The third-order valence-corrected chi connectivity index (χ3v) is 1.49. The van der Waals surface area contributed by atoms with Crippen molar-refractivity contribution in [1.29, 1.82) is 0 Å². The zero-order chi connectivity index (χ0) is 9.41. The molecular formula is C5H7F5N2. The number of hydrogen-bond donors (Lipinski definition) is 1. The normalized spacial score (nSPS) is 24.8. The lowest BCUT2D eigenvalue weighted by molar-refractivity contribution is -0.205. The van der Waals surface area contributed by atoms with E-state index in [9.17, 15) is 22.0 Å². The van der Waals surface area contributed by atoms with Crippen LogP contribution in [-0.2, 0) is 0 Å². The molecule has 0 saturated carbocycles. The van der Waals surface area contributed by atoms with Gasteiger partial charge in [-0.25, -0.2) is 10.2 Å². The average Bonchev–Trinajstić information content (AvgIpc) is 2.07. The maximum absolute atomic E-state index is 12.5. The van der Waals surface area contributed by atoms with Gasteiger partial charge in [0.25, 0.3) is 0 Å². The maximum atomic E-state index is 12.5. The van der Waals surface area contributed by atoms with Crippen LogP contribution in [0.5, 0.6) is 0 Å². The first-order valence-electron chi connectivity index (χ1n) is 3.26. The van der Waals surface area contributed by atoms with Crippen LogP contribution in [0.1, 0.15) is 0 Å². The van der Waals surface area contributed by atoms with Crippen LogP contribution in [0.3, 0.4) is 0 Å². The van der Waals surface area contributed by atoms with Gasteiger partial charge in [0.1, 0.15) is 6.54 Å². The van der Waals surface area contributed by atoms with E-state index in [1.54, 1.807) is 5.32 Å². The maximum Gasteiger partial charge on any atom is 0.401 e. The summed E-state index contributed by atoms with van der Waals surface area (Å²) in [5, 5.41) is 1.66. The van der Waals surface area contributed by atoms with Crippen LogP contribution < -0.4 is 5.32 Å². The highest BCUT2D eigenvalue weighted by molar-refractivity contribution is 4.78. The molecule has 1 N–H and O–H groups in total. The molecule has 1 aliphatic rings. The van der Waals surface area contributed by atoms with Crippen molar-refractivity contribution >= 4 is 0 Å². The first-order chi connectivity index (χ1) is 5.31. The average molecular weight is 190 g/mol. The predicted octanol–water partition coefficient (Wildman–Crippen LogP) is 1.00. The molecule has 1 fully saturated rings. The summed E-state index contributed by atoms with van der Waals surface area (Å²) < 4.78 is 59.9. The van der Waals surface area contributed by atoms with E-state index in [4.69, 9.17) is 0 Å². The first-order valence-corrected chi connectivity index (χ1v) is 3.26. The monoisotopic (exact) mass is 190 g/mol. The van der Waals surface area contributed by atoms with Crippen molar-refractivity contribution in [2.75, 3.05) is 19.6 Å². The fourth-order valence-electron chi connectivity index (χ4n) is 0.988. The summed E-state index contributed by atoms with van der Waals surface area (Å²) in [4.78, 5) is 0.0625. The minimum absolute atomic E-state index is 0.0625. The van der Waals surface area contributed by atoms with Crippen molar-refractivity contribution in [3.05, 3.63) is 0 Å². The SMILES string of the molecule is FC(F)(F)CN1CCNC1(F)F. The van der Waals surface area contributed by atoms with E-state index in [1.807, 2.05) is 0 Å². The Morgan fingerprint density at radius 2 is 1.92 bits per heavy atom. The van der Waals surface area contributed by atoms with E-state index in [1.165, 1.54) is 0 Å². The Labute approximate surface area is 65.3 Å². The number of halogens is 5. The topological polar surface area (TPSA) is 15.3 Å². The molecule has 0 unspecified atom stereocenters. The number of nitrogens with one attached hydrogen (secondary N) is 1. The van der Waals surface area contributed by atoms with E-state index < -0.39 is 18.9 Å². The summed E-state index contributed by atoms with van der Waals surface area (Å²) in [6.07, 6.45) is -8.09. The van der Waals surface area contributed by atoms with E-state index in [2.05, 4.69) is 0 Å². The molecule has 0 aliphatic carbocycles. The second-order valence-electron chi connectivity index (χ2n) is 2.50. The second-order valence-corrected chi connectivity index (χ2v) is 2.50. The lowest BCUT2D eigenvalue weighted by Crippen LogP contribution is -2.47. The smallest absolute Gasteiger partial charge is 0.242 e. The molecule has 1 aliphatic heterocycles. The van der Waals surface area contributed by atoms with E-state index >= 15 is 0 Å². The number of alkyl halides is 5. The van der Waals surface area contributed by atoms with Crippen molar-refractivity contribution in [2.45, 2.75) is 12.3 Å². The minimum atomic E-state index is -4.57. The number of rotatable bonds is 1. The molecule has 0 spiro atoms. The van der Waals surface area contributed by atoms with Crippen LogP contribution in [0.2, 0.25) is 0 Å². The first kappa shape index (κ1) is 9.66. The Hall–Kier alpha value is -0.430. The molecule has 0 atom stereocenters. The van der Waals surface area contributed by atoms with Gasteiger partial charge in [-0.2, -0.15) is 22.0 Å². The van der Waals surface area contributed by atoms with Gasteiger partial charge in [-0.05, 0) is 0 Å². The Kier molecular flexibility index (Phi) is 2.26. The molecule has 0 aromatic heterocycles. The van der Waals surface area contributed by atoms with Gasteiger partial charge in [-0.1, -0.05) is 0 Å². The Balaban J connectivity index is 2.53. The van der Waals surface area contributed by atoms with Gasteiger partial charge in [0.05, 0.1) is 0 Å². The molecule has 7 heteroatoms. The molecule has 1 saturated heterocycles. The van der Waals surface area contributed by atoms with Gasteiger partial charge < -0.3 is 0 Å². The second kappa shape index (κ2) is 2.81. The van der Waals surface area contributed by atoms with Crippen molar-refractivity contribution < 1.29 is 22.0 Å². The zero-order valence-corrected chi connectivity index (χ0v) is 5.96. The summed E-state index contributed by atoms with van der Waals surface area (Å²) in [5.41, 5.74) is 0. The highest BCUT2D eigenvalue weighted by Crippen LogP contribution is 2.25. The third kappa shape index (κ3) is 2.28. The lowest BCUT2D eigenvalue weighted by atomic mass is 10.5. The fraction of sp³-hybridized carbons (Fsp3) is 1.00. The molecule has 72 valence electrons. The number of hydrogen-bond acceptors (Lipinski definition) is 2. The highest BCUT2D eigenvalue weighted by Gasteiger charge is 2.46. The largest absolute Gasteiger partial charge is 0.401 e. The molecule has 0 aromatic rings. The molecule has 1 heterocycles. The highest BCUT2D eigenvalue weighted by atomic mass is 19.4. The quantitative estimate of drug-likeness (QED) is 0.490. The van der Waals surface area contributed by atoms with Crippen molar-refractivity contribution in [1.82, 2.24) is 10.2 Å². The van der Waals surface area contributed by atoms with Crippen LogP contribution in [0, 0.1) is 0 Å². The van der Waals surface area contributed by atoms with Gasteiger partial charge in [0, 0.05) is 13.1 Å². The van der Waals surface area contributed by atoms with Gasteiger partial charge in [-0.15, -0.1) is 0 Å². The van der Waals surface area contributed by atoms with Crippen LogP contribution in [0.25, 0.3) is 0 Å². The molecule has 0 amide bonds. The van der Waals surface area contributed by atoms with E-state index in [-0.39, 0.29) is 18.0 Å². The van der Waals surface area contributed by atoms with E-state index in [0.717, 1.165) is 0 Å². The van der Waals surface area contributed by atoms with E-state index in [0.29, 0.717) is 0 Å². The molecular weight excluding hydrogens is 183 g/mol. The van der Waals surface area contributed by atoms with Gasteiger partial charge in [0.2, 0.25) is 0 Å². The summed E-state index contributed by atoms with van der Waals surface area (Å²) in [6.45, 7) is -1.98. The van der Waals surface area contributed by atoms with Crippen LogP contribution in [0.4, 0.5) is 22.0 Å². The molecule has 0 bridgehead atoms. The van der Waals surface area contributed by atoms with Crippen molar-refractivity contribution in [3.8, 4) is 0 Å². The summed E-state index contributed by atoms with van der Waals surface area (Å²) >= 11 is 0. The molecule has 0 aromatic carbocycles. The van der Waals surface area contributed by atoms with Gasteiger partial charge >= 0.3 is 12.3 Å².